The Hall–Kier alpha value is -1.30. The summed E-state index contributed by atoms with van der Waals surface area (Å²) in [6, 6.07) is 0. The SMILES string of the molecule is CCOC(=O)C1(CC)CN(C(=O)OC(C)(C)C)CCC1O. The minimum absolute atomic E-state index is 0.123. The van der Waals surface area contributed by atoms with Crippen LogP contribution >= 0.6 is 0 Å². The molecule has 0 aliphatic carbocycles. The number of carbonyl (C=O) groups is 2. The number of nitrogens with zero attached hydrogens (tertiary/aromatic N) is 1. The molecule has 1 N–H and O–H groups in total. The van der Waals surface area contributed by atoms with Gasteiger partial charge in [0, 0.05) is 13.1 Å². The van der Waals surface area contributed by atoms with E-state index in [1.54, 1.807) is 27.7 Å². The standard InChI is InChI=1S/C15H27NO5/c1-6-15(12(18)20-7-2)10-16(9-8-11(15)17)13(19)21-14(3,4)5/h11,17H,6-10H2,1-5H3. The number of likely N-dealkylation sites (tertiary alicyclic amines) is 1. The van der Waals surface area contributed by atoms with Gasteiger partial charge in [0.25, 0.3) is 0 Å². The van der Waals surface area contributed by atoms with Crippen molar-refractivity contribution in [3.05, 3.63) is 0 Å². The van der Waals surface area contributed by atoms with Crippen LogP contribution in [0.1, 0.15) is 47.5 Å². The third-order valence-electron chi connectivity index (χ3n) is 3.75. The lowest BCUT2D eigenvalue weighted by molar-refractivity contribution is -0.169. The van der Waals surface area contributed by atoms with E-state index in [0.29, 0.717) is 19.4 Å². The van der Waals surface area contributed by atoms with Crippen LogP contribution in [0.5, 0.6) is 0 Å². The smallest absolute Gasteiger partial charge is 0.410 e. The van der Waals surface area contributed by atoms with E-state index in [1.807, 2.05) is 6.92 Å². The maximum atomic E-state index is 12.3. The predicted octanol–water partition coefficient (Wildman–Crippen LogP) is 1.95. The molecule has 1 aliphatic rings. The van der Waals surface area contributed by atoms with Gasteiger partial charge in [-0.15, -0.1) is 0 Å². The van der Waals surface area contributed by atoms with Gasteiger partial charge in [0.15, 0.2) is 0 Å². The van der Waals surface area contributed by atoms with Gasteiger partial charge in [-0.25, -0.2) is 4.79 Å². The van der Waals surface area contributed by atoms with Gasteiger partial charge in [0.1, 0.15) is 11.0 Å². The highest BCUT2D eigenvalue weighted by Crippen LogP contribution is 2.35. The molecule has 0 aromatic rings. The minimum Gasteiger partial charge on any atom is -0.465 e. The van der Waals surface area contributed by atoms with Crippen molar-refractivity contribution in [2.24, 2.45) is 5.41 Å². The molecule has 6 heteroatoms. The van der Waals surface area contributed by atoms with E-state index in [-0.39, 0.29) is 13.2 Å². The third kappa shape index (κ3) is 4.09. The first-order valence-corrected chi connectivity index (χ1v) is 7.49. The van der Waals surface area contributed by atoms with E-state index in [4.69, 9.17) is 9.47 Å². The second kappa shape index (κ2) is 6.64. The summed E-state index contributed by atoms with van der Waals surface area (Å²) in [6.45, 7) is 9.67. The number of aliphatic hydroxyl groups is 1. The molecule has 0 radical (unpaired) electrons. The van der Waals surface area contributed by atoms with E-state index in [1.165, 1.54) is 4.90 Å². The first kappa shape index (κ1) is 17.8. The summed E-state index contributed by atoms with van der Waals surface area (Å²) >= 11 is 0. The van der Waals surface area contributed by atoms with Crippen LogP contribution in [0.3, 0.4) is 0 Å². The zero-order valence-electron chi connectivity index (χ0n) is 13.6. The van der Waals surface area contributed by atoms with Gasteiger partial charge in [-0.1, -0.05) is 6.92 Å². The number of ether oxygens (including phenoxy) is 2. The van der Waals surface area contributed by atoms with Crippen LogP contribution in [0, 0.1) is 5.41 Å². The van der Waals surface area contributed by atoms with Crippen molar-refractivity contribution in [3.8, 4) is 0 Å². The molecule has 6 nitrogen and oxygen atoms in total. The lowest BCUT2D eigenvalue weighted by Gasteiger charge is -2.43. The first-order valence-electron chi connectivity index (χ1n) is 7.49. The van der Waals surface area contributed by atoms with Crippen LogP contribution in [0.15, 0.2) is 0 Å². The molecule has 1 rings (SSSR count). The fourth-order valence-electron chi connectivity index (χ4n) is 2.53. The van der Waals surface area contributed by atoms with Crippen molar-refractivity contribution in [1.29, 1.82) is 0 Å². The Labute approximate surface area is 126 Å². The third-order valence-corrected chi connectivity index (χ3v) is 3.75. The van der Waals surface area contributed by atoms with E-state index < -0.39 is 29.2 Å². The Morgan fingerprint density at radius 3 is 2.43 bits per heavy atom. The largest absolute Gasteiger partial charge is 0.465 e. The van der Waals surface area contributed by atoms with Gasteiger partial charge in [-0.2, -0.15) is 0 Å². The van der Waals surface area contributed by atoms with Crippen molar-refractivity contribution in [2.75, 3.05) is 19.7 Å². The van der Waals surface area contributed by atoms with Crippen molar-refractivity contribution >= 4 is 12.1 Å². The maximum absolute atomic E-state index is 12.3. The van der Waals surface area contributed by atoms with Gasteiger partial charge in [-0.3, -0.25) is 4.79 Å². The molecule has 1 heterocycles. The lowest BCUT2D eigenvalue weighted by Crippen LogP contribution is -2.58. The number of amides is 1. The predicted molar refractivity (Wildman–Crippen MR) is 77.8 cm³/mol. The van der Waals surface area contributed by atoms with Crippen molar-refractivity contribution in [3.63, 3.8) is 0 Å². The van der Waals surface area contributed by atoms with E-state index >= 15 is 0 Å². The Bertz CT molecular complexity index is 390. The van der Waals surface area contributed by atoms with Crippen LogP contribution in [-0.4, -0.2) is 53.5 Å². The van der Waals surface area contributed by atoms with Gasteiger partial charge in [0.2, 0.25) is 0 Å². The molecular weight excluding hydrogens is 274 g/mol. The van der Waals surface area contributed by atoms with E-state index in [0.717, 1.165) is 0 Å². The fourth-order valence-corrected chi connectivity index (χ4v) is 2.53. The van der Waals surface area contributed by atoms with Crippen LogP contribution in [-0.2, 0) is 14.3 Å². The normalized spacial score (nSPS) is 26.4. The molecule has 0 aromatic carbocycles. The number of esters is 1. The summed E-state index contributed by atoms with van der Waals surface area (Å²) in [7, 11) is 0. The molecule has 0 spiro atoms. The number of carbonyl (C=O) groups excluding carboxylic acids is 2. The summed E-state index contributed by atoms with van der Waals surface area (Å²) in [4.78, 5) is 25.9. The zero-order chi connectivity index (χ0) is 16.3. The molecule has 1 saturated heterocycles. The Kier molecular flexibility index (Phi) is 5.61. The fraction of sp³-hybridized carbons (Fsp3) is 0.867. The summed E-state index contributed by atoms with van der Waals surface area (Å²) in [6.07, 6.45) is -0.519. The highest BCUT2D eigenvalue weighted by molar-refractivity contribution is 5.79. The van der Waals surface area contributed by atoms with Crippen LogP contribution in [0.4, 0.5) is 4.79 Å². The van der Waals surface area contributed by atoms with Crippen molar-refractivity contribution in [1.82, 2.24) is 4.90 Å². The molecular formula is C15H27NO5. The molecule has 122 valence electrons. The average molecular weight is 301 g/mol. The molecule has 0 saturated carbocycles. The lowest BCUT2D eigenvalue weighted by atomic mass is 9.75. The van der Waals surface area contributed by atoms with E-state index in [2.05, 4.69) is 0 Å². The maximum Gasteiger partial charge on any atom is 0.410 e. The topological polar surface area (TPSA) is 76.1 Å². The Balaban J connectivity index is 2.90. The summed E-state index contributed by atoms with van der Waals surface area (Å²) in [5.41, 5.74) is -1.66. The molecule has 2 unspecified atom stereocenters. The van der Waals surface area contributed by atoms with E-state index in [9.17, 15) is 14.7 Å². The van der Waals surface area contributed by atoms with Crippen LogP contribution in [0.2, 0.25) is 0 Å². The molecule has 0 bridgehead atoms. The summed E-state index contributed by atoms with van der Waals surface area (Å²) < 4.78 is 10.4. The molecule has 1 aliphatic heterocycles. The Morgan fingerprint density at radius 1 is 1.33 bits per heavy atom. The molecule has 2 atom stereocenters. The molecule has 0 aromatic heterocycles. The molecule has 21 heavy (non-hydrogen) atoms. The van der Waals surface area contributed by atoms with Gasteiger partial charge in [0.05, 0.1) is 12.7 Å². The van der Waals surface area contributed by atoms with Crippen LogP contribution in [0.25, 0.3) is 0 Å². The summed E-state index contributed by atoms with van der Waals surface area (Å²) in [5, 5.41) is 10.3. The first-order chi connectivity index (χ1) is 9.66. The molecule has 1 amide bonds. The number of rotatable bonds is 3. The number of piperidine rings is 1. The van der Waals surface area contributed by atoms with Gasteiger partial charge < -0.3 is 19.5 Å². The second-order valence-corrected chi connectivity index (χ2v) is 6.44. The monoisotopic (exact) mass is 301 g/mol. The quantitative estimate of drug-likeness (QED) is 0.806. The number of aliphatic hydroxyl groups excluding tert-OH is 1. The van der Waals surface area contributed by atoms with Gasteiger partial charge in [-0.05, 0) is 40.5 Å². The zero-order valence-corrected chi connectivity index (χ0v) is 13.6. The molecule has 1 fully saturated rings. The highest BCUT2D eigenvalue weighted by Gasteiger charge is 2.50. The second-order valence-electron chi connectivity index (χ2n) is 6.44. The number of hydrogen-bond acceptors (Lipinski definition) is 5. The number of hydrogen-bond donors (Lipinski definition) is 1. The van der Waals surface area contributed by atoms with Crippen LogP contribution < -0.4 is 0 Å². The van der Waals surface area contributed by atoms with Crippen molar-refractivity contribution < 1.29 is 24.2 Å². The highest BCUT2D eigenvalue weighted by atomic mass is 16.6. The minimum atomic E-state index is -1.06. The Morgan fingerprint density at radius 2 is 1.95 bits per heavy atom. The van der Waals surface area contributed by atoms with Crippen molar-refractivity contribution in [2.45, 2.75) is 59.2 Å². The summed E-state index contributed by atoms with van der Waals surface area (Å²) in [5.74, 6) is -0.451. The average Bonchev–Trinajstić information content (AvgIpc) is 2.37. The van der Waals surface area contributed by atoms with Gasteiger partial charge >= 0.3 is 12.1 Å².